The highest BCUT2D eigenvalue weighted by atomic mass is 16.2. The third-order valence-corrected chi connectivity index (χ3v) is 3.58. The molecule has 0 aliphatic rings. The molecule has 2 amide bonds. The average Bonchev–Trinajstić information content (AvgIpc) is 2.61. The largest absolute Gasteiger partial charge is 0.350 e. The molecule has 0 spiro atoms. The molecule has 0 aliphatic carbocycles. The number of amides is 2. The molecular weight excluding hydrogens is 302 g/mol. The zero-order valence-corrected chi connectivity index (χ0v) is 14.0. The predicted molar refractivity (Wildman–Crippen MR) is 96.3 cm³/mol. The van der Waals surface area contributed by atoms with Gasteiger partial charge in [0.1, 0.15) is 0 Å². The van der Waals surface area contributed by atoms with Crippen LogP contribution >= 0.6 is 0 Å². The molecule has 5 heteroatoms. The van der Waals surface area contributed by atoms with E-state index in [2.05, 4.69) is 16.0 Å². The lowest BCUT2D eigenvalue weighted by Crippen LogP contribution is -2.39. The molecule has 1 atom stereocenters. The van der Waals surface area contributed by atoms with E-state index in [4.69, 9.17) is 0 Å². The van der Waals surface area contributed by atoms with E-state index in [0.717, 1.165) is 6.54 Å². The Morgan fingerprint density at radius 1 is 0.958 bits per heavy atom. The first-order valence-electron chi connectivity index (χ1n) is 8.08. The van der Waals surface area contributed by atoms with Crippen molar-refractivity contribution in [3.63, 3.8) is 0 Å². The highest BCUT2D eigenvalue weighted by Crippen LogP contribution is 2.16. The molecule has 0 radical (unpaired) electrons. The van der Waals surface area contributed by atoms with E-state index in [0.29, 0.717) is 23.4 Å². The van der Waals surface area contributed by atoms with Gasteiger partial charge in [0.2, 0.25) is 0 Å². The van der Waals surface area contributed by atoms with Gasteiger partial charge < -0.3 is 16.0 Å². The maximum atomic E-state index is 12.4. The average molecular weight is 325 g/mol. The third-order valence-electron chi connectivity index (χ3n) is 3.58. The molecule has 0 unspecified atom stereocenters. The molecule has 5 nitrogen and oxygen atoms in total. The maximum Gasteiger partial charge on any atom is 0.255 e. The second-order valence-corrected chi connectivity index (χ2v) is 5.53. The van der Waals surface area contributed by atoms with E-state index in [1.807, 2.05) is 19.9 Å². The topological polar surface area (TPSA) is 70.2 Å². The molecule has 126 valence electrons. The van der Waals surface area contributed by atoms with E-state index in [1.165, 1.54) is 0 Å². The van der Waals surface area contributed by atoms with Crippen LogP contribution in [0.2, 0.25) is 0 Å². The number of nitrogens with one attached hydrogen (secondary N) is 3. The fourth-order valence-corrected chi connectivity index (χ4v) is 2.34. The van der Waals surface area contributed by atoms with E-state index < -0.39 is 0 Å². The maximum absolute atomic E-state index is 12.4. The number of anilines is 1. The monoisotopic (exact) mass is 325 g/mol. The van der Waals surface area contributed by atoms with Gasteiger partial charge in [-0.1, -0.05) is 37.3 Å². The lowest BCUT2D eigenvalue weighted by Gasteiger charge is -2.15. The minimum atomic E-state index is -0.239. The van der Waals surface area contributed by atoms with Gasteiger partial charge in [0, 0.05) is 18.2 Å². The molecule has 0 aromatic heterocycles. The van der Waals surface area contributed by atoms with E-state index in [-0.39, 0.29) is 17.9 Å². The van der Waals surface area contributed by atoms with Crippen LogP contribution in [0.5, 0.6) is 0 Å². The Morgan fingerprint density at radius 3 is 2.33 bits per heavy atom. The lowest BCUT2D eigenvalue weighted by atomic mass is 10.1. The second-order valence-electron chi connectivity index (χ2n) is 5.53. The van der Waals surface area contributed by atoms with Crippen LogP contribution in [0, 0.1) is 0 Å². The minimum absolute atomic E-state index is 0.185. The van der Waals surface area contributed by atoms with Gasteiger partial charge >= 0.3 is 0 Å². The summed E-state index contributed by atoms with van der Waals surface area (Å²) >= 11 is 0. The van der Waals surface area contributed by atoms with Crippen LogP contribution in [0.1, 0.15) is 34.6 Å². The molecule has 24 heavy (non-hydrogen) atoms. The molecule has 0 heterocycles. The van der Waals surface area contributed by atoms with Crippen molar-refractivity contribution in [3.05, 3.63) is 65.7 Å². The van der Waals surface area contributed by atoms with Crippen molar-refractivity contribution in [2.45, 2.75) is 19.9 Å². The molecule has 2 aromatic carbocycles. The van der Waals surface area contributed by atoms with Gasteiger partial charge in [-0.2, -0.15) is 0 Å². The quantitative estimate of drug-likeness (QED) is 0.733. The van der Waals surface area contributed by atoms with Crippen LogP contribution in [-0.4, -0.2) is 30.9 Å². The van der Waals surface area contributed by atoms with Gasteiger partial charge in [-0.3, -0.25) is 9.59 Å². The van der Waals surface area contributed by atoms with Gasteiger partial charge in [-0.05, 0) is 37.7 Å². The van der Waals surface area contributed by atoms with Crippen LogP contribution in [0.25, 0.3) is 0 Å². The molecule has 0 aliphatic heterocycles. The summed E-state index contributed by atoms with van der Waals surface area (Å²) in [7, 11) is 0. The fourth-order valence-electron chi connectivity index (χ4n) is 2.34. The minimum Gasteiger partial charge on any atom is -0.350 e. The molecular formula is C19H23N3O2. The number of rotatable bonds is 7. The summed E-state index contributed by atoms with van der Waals surface area (Å²) in [4.78, 5) is 24.7. The Hall–Kier alpha value is -2.66. The number of hydrogen-bond donors (Lipinski definition) is 3. The van der Waals surface area contributed by atoms with Crippen molar-refractivity contribution in [1.82, 2.24) is 10.6 Å². The van der Waals surface area contributed by atoms with Gasteiger partial charge in [0.15, 0.2) is 0 Å². The summed E-state index contributed by atoms with van der Waals surface area (Å²) in [5.74, 6) is -0.444. The number of carbonyl (C=O) groups is 2. The van der Waals surface area contributed by atoms with Crippen molar-refractivity contribution in [2.75, 3.05) is 18.4 Å². The Kier molecular flexibility index (Phi) is 6.51. The van der Waals surface area contributed by atoms with Gasteiger partial charge in [0.25, 0.3) is 11.8 Å². The standard InChI is InChI=1S/C19H23N3O2/c1-3-20-14(2)13-21-19(24)16-11-7-8-12-17(16)22-18(23)15-9-5-4-6-10-15/h4-12,14,20H,3,13H2,1-2H3,(H,21,24)(H,22,23)/t14-/m1/s1. The fraction of sp³-hybridized carbons (Fsp3) is 0.263. The summed E-state index contributed by atoms with van der Waals surface area (Å²) in [6, 6.07) is 16.1. The van der Waals surface area contributed by atoms with E-state index in [9.17, 15) is 9.59 Å². The second kappa shape index (κ2) is 8.84. The van der Waals surface area contributed by atoms with Crippen molar-refractivity contribution in [3.8, 4) is 0 Å². The zero-order chi connectivity index (χ0) is 17.4. The van der Waals surface area contributed by atoms with Crippen molar-refractivity contribution >= 4 is 17.5 Å². The van der Waals surface area contributed by atoms with Gasteiger partial charge in [0.05, 0.1) is 11.3 Å². The van der Waals surface area contributed by atoms with E-state index in [1.54, 1.807) is 48.5 Å². The Labute approximate surface area is 142 Å². The summed E-state index contributed by atoms with van der Waals surface area (Å²) in [6.45, 7) is 5.40. The first-order valence-corrected chi connectivity index (χ1v) is 8.08. The van der Waals surface area contributed by atoms with Gasteiger partial charge in [-0.25, -0.2) is 0 Å². The highest BCUT2D eigenvalue weighted by molar-refractivity contribution is 6.08. The molecule has 0 fully saturated rings. The summed E-state index contributed by atoms with van der Waals surface area (Å²) in [6.07, 6.45) is 0. The summed E-state index contributed by atoms with van der Waals surface area (Å²) in [5, 5.41) is 8.93. The lowest BCUT2D eigenvalue weighted by molar-refractivity contribution is 0.0951. The van der Waals surface area contributed by atoms with Crippen LogP contribution in [0.3, 0.4) is 0 Å². The van der Waals surface area contributed by atoms with Crippen molar-refractivity contribution < 1.29 is 9.59 Å². The summed E-state index contributed by atoms with van der Waals surface area (Å²) in [5.41, 5.74) is 1.50. The number of hydrogen-bond acceptors (Lipinski definition) is 3. The van der Waals surface area contributed by atoms with Crippen molar-refractivity contribution in [1.29, 1.82) is 0 Å². The predicted octanol–water partition coefficient (Wildman–Crippen LogP) is 2.67. The first kappa shape index (κ1) is 17.7. The third kappa shape index (κ3) is 4.93. The first-order chi connectivity index (χ1) is 11.6. The number of benzene rings is 2. The number of carbonyl (C=O) groups excluding carboxylic acids is 2. The normalized spacial score (nSPS) is 11.6. The van der Waals surface area contributed by atoms with Crippen LogP contribution < -0.4 is 16.0 Å². The van der Waals surface area contributed by atoms with Crippen LogP contribution in [-0.2, 0) is 0 Å². The van der Waals surface area contributed by atoms with Gasteiger partial charge in [-0.15, -0.1) is 0 Å². The van der Waals surface area contributed by atoms with Crippen molar-refractivity contribution in [2.24, 2.45) is 0 Å². The Morgan fingerprint density at radius 2 is 1.62 bits per heavy atom. The molecule has 0 saturated heterocycles. The zero-order valence-electron chi connectivity index (χ0n) is 14.0. The highest BCUT2D eigenvalue weighted by Gasteiger charge is 2.14. The van der Waals surface area contributed by atoms with Crippen LogP contribution in [0.4, 0.5) is 5.69 Å². The number of para-hydroxylation sites is 1. The summed E-state index contributed by atoms with van der Waals surface area (Å²) < 4.78 is 0. The molecule has 0 saturated carbocycles. The van der Waals surface area contributed by atoms with Crippen LogP contribution in [0.15, 0.2) is 54.6 Å². The Bertz CT molecular complexity index is 686. The molecule has 0 bridgehead atoms. The Balaban J connectivity index is 2.07. The molecule has 3 N–H and O–H groups in total. The smallest absolute Gasteiger partial charge is 0.255 e. The molecule has 2 aromatic rings. The molecule has 2 rings (SSSR count). The SMILES string of the molecule is CCN[C@H](C)CNC(=O)c1ccccc1NC(=O)c1ccccc1. The van der Waals surface area contributed by atoms with E-state index >= 15 is 0 Å². The number of likely N-dealkylation sites (N-methyl/N-ethyl adjacent to an activating group) is 1.